The van der Waals surface area contributed by atoms with Crippen LogP contribution in [0, 0.1) is 19.7 Å². The van der Waals surface area contributed by atoms with Crippen molar-refractivity contribution in [3.63, 3.8) is 0 Å². The second-order valence-corrected chi connectivity index (χ2v) is 7.24. The standard InChI is InChI=1S/C22H28FNO2/c1-15-10-11-17(14-16(15)2)12-13-24-19-7-5-9-21(22(19)25)26-20-8-4-3-6-18(20)23/h3-4,6,8,10-11,14,19,21-22,24-25H,5,7,9,12-13H2,1-2H3/t19-,21+,22+/m0/s1. The highest BCUT2D eigenvalue weighted by molar-refractivity contribution is 5.30. The first-order valence-electron chi connectivity index (χ1n) is 9.43. The third-order valence-electron chi connectivity index (χ3n) is 5.30. The van der Waals surface area contributed by atoms with Gasteiger partial charge in [-0.2, -0.15) is 0 Å². The number of hydrogen-bond donors (Lipinski definition) is 2. The maximum Gasteiger partial charge on any atom is 0.165 e. The van der Waals surface area contributed by atoms with Crippen molar-refractivity contribution >= 4 is 0 Å². The van der Waals surface area contributed by atoms with Crippen LogP contribution in [0.2, 0.25) is 0 Å². The molecule has 1 saturated carbocycles. The Morgan fingerprint density at radius 2 is 1.92 bits per heavy atom. The fourth-order valence-electron chi connectivity index (χ4n) is 3.56. The Balaban J connectivity index is 1.53. The molecular formula is C22H28FNO2. The van der Waals surface area contributed by atoms with Gasteiger partial charge in [0.05, 0.1) is 0 Å². The molecular weight excluding hydrogens is 329 g/mol. The minimum absolute atomic E-state index is 0.0212. The molecule has 0 heterocycles. The van der Waals surface area contributed by atoms with Gasteiger partial charge in [0, 0.05) is 6.04 Å². The molecule has 1 aliphatic rings. The fourth-order valence-corrected chi connectivity index (χ4v) is 3.56. The molecule has 3 atom stereocenters. The van der Waals surface area contributed by atoms with Crippen LogP contribution < -0.4 is 10.1 Å². The second kappa shape index (κ2) is 8.65. The topological polar surface area (TPSA) is 41.5 Å². The molecule has 0 radical (unpaired) electrons. The number of aryl methyl sites for hydroxylation is 2. The lowest BCUT2D eigenvalue weighted by atomic mass is 9.89. The number of ether oxygens (including phenoxy) is 1. The Kier molecular flexibility index (Phi) is 6.28. The molecule has 2 aromatic rings. The maximum absolute atomic E-state index is 13.8. The van der Waals surface area contributed by atoms with Crippen LogP contribution in [-0.4, -0.2) is 29.9 Å². The molecule has 1 aliphatic carbocycles. The van der Waals surface area contributed by atoms with Gasteiger partial charge in [-0.15, -0.1) is 0 Å². The molecule has 140 valence electrons. The van der Waals surface area contributed by atoms with E-state index in [1.807, 2.05) is 0 Å². The SMILES string of the molecule is Cc1ccc(CCN[C@H]2CCC[C@@H](Oc3ccccc3F)[C@@H]2O)cc1C. The van der Waals surface area contributed by atoms with Crippen LogP contribution >= 0.6 is 0 Å². The van der Waals surface area contributed by atoms with Gasteiger partial charge in [-0.05, 0) is 74.9 Å². The normalized spacial score (nSPS) is 23.0. The third kappa shape index (κ3) is 4.63. The third-order valence-corrected chi connectivity index (χ3v) is 5.30. The summed E-state index contributed by atoms with van der Waals surface area (Å²) in [6, 6.07) is 12.9. The van der Waals surface area contributed by atoms with Crippen molar-refractivity contribution in [3.8, 4) is 5.75 Å². The predicted octanol–water partition coefficient (Wildman–Crippen LogP) is 3.94. The molecule has 0 amide bonds. The Morgan fingerprint density at radius 1 is 1.12 bits per heavy atom. The number of halogens is 1. The van der Waals surface area contributed by atoms with E-state index in [0.717, 1.165) is 32.2 Å². The highest BCUT2D eigenvalue weighted by Crippen LogP contribution is 2.26. The zero-order valence-corrected chi connectivity index (χ0v) is 15.5. The average Bonchev–Trinajstić information content (AvgIpc) is 2.63. The molecule has 0 unspecified atom stereocenters. The monoisotopic (exact) mass is 357 g/mol. The molecule has 0 bridgehead atoms. The zero-order valence-electron chi connectivity index (χ0n) is 15.5. The van der Waals surface area contributed by atoms with Crippen LogP contribution in [0.1, 0.15) is 36.0 Å². The summed E-state index contributed by atoms with van der Waals surface area (Å²) in [7, 11) is 0. The molecule has 4 heteroatoms. The number of aliphatic hydroxyl groups excluding tert-OH is 1. The average molecular weight is 357 g/mol. The number of hydrogen-bond acceptors (Lipinski definition) is 3. The molecule has 3 nitrogen and oxygen atoms in total. The quantitative estimate of drug-likeness (QED) is 0.823. The summed E-state index contributed by atoms with van der Waals surface area (Å²) in [4.78, 5) is 0. The minimum Gasteiger partial charge on any atom is -0.485 e. The lowest BCUT2D eigenvalue weighted by Gasteiger charge is -2.35. The van der Waals surface area contributed by atoms with E-state index in [9.17, 15) is 9.50 Å². The summed E-state index contributed by atoms with van der Waals surface area (Å²) in [5, 5.41) is 14.1. The van der Waals surface area contributed by atoms with E-state index in [1.54, 1.807) is 18.2 Å². The number of nitrogens with one attached hydrogen (secondary N) is 1. The van der Waals surface area contributed by atoms with Crippen molar-refractivity contribution in [1.82, 2.24) is 5.32 Å². The largest absolute Gasteiger partial charge is 0.485 e. The lowest BCUT2D eigenvalue weighted by Crippen LogP contribution is -2.51. The van der Waals surface area contributed by atoms with E-state index in [2.05, 4.69) is 37.4 Å². The van der Waals surface area contributed by atoms with Crippen LogP contribution in [-0.2, 0) is 6.42 Å². The van der Waals surface area contributed by atoms with E-state index in [1.165, 1.54) is 22.8 Å². The Bertz CT molecular complexity index is 734. The van der Waals surface area contributed by atoms with Gasteiger partial charge >= 0.3 is 0 Å². The van der Waals surface area contributed by atoms with Crippen molar-refractivity contribution in [2.45, 2.75) is 57.8 Å². The number of para-hydroxylation sites is 1. The molecule has 0 saturated heterocycles. The summed E-state index contributed by atoms with van der Waals surface area (Å²) in [6.45, 7) is 5.05. The van der Waals surface area contributed by atoms with Crippen LogP contribution in [0.4, 0.5) is 4.39 Å². The zero-order chi connectivity index (χ0) is 18.5. The van der Waals surface area contributed by atoms with Crippen molar-refractivity contribution in [2.24, 2.45) is 0 Å². The van der Waals surface area contributed by atoms with Crippen molar-refractivity contribution in [2.75, 3.05) is 6.54 Å². The van der Waals surface area contributed by atoms with E-state index >= 15 is 0 Å². The fraction of sp³-hybridized carbons (Fsp3) is 0.455. The summed E-state index contributed by atoms with van der Waals surface area (Å²) >= 11 is 0. The molecule has 2 N–H and O–H groups in total. The second-order valence-electron chi connectivity index (χ2n) is 7.24. The maximum atomic E-state index is 13.8. The van der Waals surface area contributed by atoms with Gasteiger partial charge in [-0.3, -0.25) is 0 Å². The van der Waals surface area contributed by atoms with Crippen molar-refractivity contribution < 1.29 is 14.2 Å². The smallest absolute Gasteiger partial charge is 0.165 e. The summed E-state index contributed by atoms with van der Waals surface area (Å²) in [6.07, 6.45) is 2.51. The number of aliphatic hydroxyl groups is 1. The van der Waals surface area contributed by atoms with Crippen LogP contribution in [0.25, 0.3) is 0 Å². The first-order valence-corrected chi connectivity index (χ1v) is 9.43. The number of benzene rings is 2. The molecule has 1 fully saturated rings. The Labute approximate surface area is 155 Å². The molecule has 0 aliphatic heterocycles. The lowest BCUT2D eigenvalue weighted by molar-refractivity contribution is -0.0166. The summed E-state index contributed by atoms with van der Waals surface area (Å²) in [5.41, 5.74) is 3.90. The molecule has 0 spiro atoms. The minimum atomic E-state index is -0.636. The van der Waals surface area contributed by atoms with Gasteiger partial charge < -0.3 is 15.2 Å². The van der Waals surface area contributed by atoms with Crippen LogP contribution in [0.5, 0.6) is 5.75 Å². The van der Waals surface area contributed by atoms with E-state index in [0.29, 0.717) is 0 Å². The van der Waals surface area contributed by atoms with Gasteiger partial charge in [0.1, 0.15) is 12.2 Å². The van der Waals surface area contributed by atoms with E-state index in [-0.39, 0.29) is 23.7 Å². The van der Waals surface area contributed by atoms with Gasteiger partial charge in [-0.1, -0.05) is 30.3 Å². The first-order chi connectivity index (χ1) is 12.5. The molecule has 0 aromatic heterocycles. The van der Waals surface area contributed by atoms with Crippen LogP contribution in [0.3, 0.4) is 0 Å². The van der Waals surface area contributed by atoms with E-state index < -0.39 is 6.10 Å². The molecule has 2 aromatic carbocycles. The van der Waals surface area contributed by atoms with Crippen molar-refractivity contribution in [3.05, 3.63) is 65.0 Å². The summed E-state index contributed by atoms with van der Waals surface area (Å²) in [5.74, 6) is -0.170. The highest BCUT2D eigenvalue weighted by atomic mass is 19.1. The van der Waals surface area contributed by atoms with Crippen LogP contribution in [0.15, 0.2) is 42.5 Å². The Morgan fingerprint density at radius 3 is 2.69 bits per heavy atom. The molecule has 26 heavy (non-hydrogen) atoms. The molecule has 3 rings (SSSR count). The number of rotatable bonds is 6. The summed E-state index contributed by atoms with van der Waals surface area (Å²) < 4.78 is 19.6. The van der Waals surface area contributed by atoms with Gasteiger partial charge in [0.2, 0.25) is 0 Å². The van der Waals surface area contributed by atoms with Gasteiger partial charge in [0.25, 0.3) is 0 Å². The van der Waals surface area contributed by atoms with Gasteiger partial charge in [-0.25, -0.2) is 4.39 Å². The van der Waals surface area contributed by atoms with Gasteiger partial charge in [0.15, 0.2) is 11.6 Å². The highest BCUT2D eigenvalue weighted by Gasteiger charge is 2.33. The Hall–Kier alpha value is -1.91. The first kappa shape index (κ1) is 18.9. The predicted molar refractivity (Wildman–Crippen MR) is 102 cm³/mol. The van der Waals surface area contributed by atoms with Crippen molar-refractivity contribution in [1.29, 1.82) is 0 Å². The van der Waals surface area contributed by atoms with E-state index in [4.69, 9.17) is 4.74 Å².